The molecule has 0 fully saturated rings. The fourth-order valence-electron chi connectivity index (χ4n) is 1.60. The van der Waals surface area contributed by atoms with Gasteiger partial charge in [0.15, 0.2) is 0 Å². The number of rotatable bonds is 3. The Morgan fingerprint density at radius 3 is 2.72 bits per heavy atom. The van der Waals surface area contributed by atoms with Crippen molar-refractivity contribution in [1.29, 1.82) is 0 Å². The second-order valence-corrected chi connectivity index (χ2v) is 5.60. The molecule has 0 bridgehead atoms. The van der Waals surface area contributed by atoms with E-state index in [4.69, 9.17) is 10.3 Å². The zero-order valence-electron chi connectivity index (χ0n) is 10.6. The maximum absolute atomic E-state index is 5.99. The third-order valence-corrected chi connectivity index (χ3v) is 3.38. The minimum absolute atomic E-state index is 0.223. The van der Waals surface area contributed by atoms with Crippen LogP contribution in [0.1, 0.15) is 31.3 Å². The molecule has 0 radical (unpaired) electrons. The van der Waals surface area contributed by atoms with E-state index in [9.17, 15) is 0 Å². The lowest BCUT2D eigenvalue weighted by Gasteiger charge is -2.09. The highest BCUT2D eigenvalue weighted by molar-refractivity contribution is 9.10. The summed E-state index contributed by atoms with van der Waals surface area (Å²) < 4.78 is 6.22. The van der Waals surface area contributed by atoms with Crippen molar-refractivity contribution >= 4 is 15.9 Å². The van der Waals surface area contributed by atoms with Crippen molar-refractivity contribution in [2.75, 3.05) is 0 Å². The van der Waals surface area contributed by atoms with Crippen LogP contribution in [0.2, 0.25) is 0 Å². The molecule has 5 heteroatoms. The van der Waals surface area contributed by atoms with E-state index in [1.54, 1.807) is 0 Å². The fourth-order valence-corrected chi connectivity index (χ4v) is 1.96. The van der Waals surface area contributed by atoms with Crippen LogP contribution in [0.25, 0.3) is 11.4 Å². The molecule has 0 aliphatic carbocycles. The summed E-state index contributed by atoms with van der Waals surface area (Å²) in [7, 11) is 0. The number of hydrogen-bond acceptors (Lipinski definition) is 4. The Hall–Kier alpha value is -1.20. The highest BCUT2D eigenvalue weighted by Gasteiger charge is 2.19. The zero-order chi connectivity index (χ0) is 13.3. The molecule has 4 nitrogen and oxygen atoms in total. The monoisotopic (exact) mass is 309 g/mol. The third-order valence-electron chi connectivity index (χ3n) is 2.89. The van der Waals surface area contributed by atoms with Gasteiger partial charge in [0, 0.05) is 10.0 Å². The number of benzene rings is 1. The van der Waals surface area contributed by atoms with Crippen LogP contribution in [-0.2, 0) is 0 Å². The first-order chi connectivity index (χ1) is 8.49. The number of aryl methyl sites for hydroxylation is 1. The van der Waals surface area contributed by atoms with Crippen molar-refractivity contribution in [3.8, 4) is 11.4 Å². The van der Waals surface area contributed by atoms with E-state index in [0.717, 1.165) is 15.6 Å². The van der Waals surface area contributed by atoms with E-state index in [-0.39, 0.29) is 12.0 Å². The predicted molar refractivity (Wildman–Crippen MR) is 73.9 cm³/mol. The van der Waals surface area contributed by atoms with Crippen LogP contribution < -0.4 is 5.73 Å². The largest absolute Gasteiger partial charge is 0.337 e. The highest BCUT2D eigenvalue weighted by Crippen LogP contribution is 2.26. The average molecular weight is 310 g/mol. The smallest absolute Gasteiger partial charge is 0.244 e. The van der Waals surface area contributed by atoms with Crippen LogP contribution in [0.3, 0.4) is 0 Å². The Labute approximate surface area is 115 Å². The molecule has 0 saturated heterocycles. The molecule has 0 aliphatic rings. The Kier molecular flexibility index (Phi) is 3.82. The van der Waals surface area contributed by atoms with Gasteiger partial charge in [-0.3, -0.25) is 0 Å². The summed E-state index contributed by atoms with van der Waals surface area (Å²) in [4.78, 5) is 4.38. The number of halogens is 1. The summed E-state index contributed by atoms with van der Waals surface area (Å²) in [6.07, 6.45) is 0. The van der Waals surface area contributed by atoms with Crippen LogP contribution >= 0.6 is 15.9 Å². The molecule has 1 aromatic heterocycles. The van der Waals surface area contributed by atoms with Gasteiger partial charge in [0.05, 0.1) is 6.04 Å². The normalized spacial score (nSPS) is 13.0. The lowest BCUT2D eigenvalue weighted by Crippen LogP contribution is -2.16. The van der Waals surface area contributed by atoms with E-state index in [1.807, 2.05) is 39.0 Å². The molecule has 2 aromatic rings. The number of aromatic nitrogens is 2. The molecule has 96 valence electrons. The SMILES string of the molecule is Cc1ccc(Br)cc1-c1noc(C(N)C(C)C)n1. The Balaban J connectivity index is 2.38. The summed E-state index contributed by atoms with van der Waals surface area (Å²) >= 11 is 3.44. The summed E-state index contributed by atoms with van der Waals surface area (Å²) in [6, 6.07) is 5.75. The van der Waals surface area contributed by atoms with Crippen molar-refractivity contribution in [1.82, 2.24) is 10.1 Å². The van der Waals surface area contributed by atoms with Crippen molar-refractivity contribution in [2.45, 2.75) is 26.8 Å². The molecule has 1 unspecified atom stereocenters. The molecule has 18 heavy (non-hydrogen) atoms. The van der Waals surface area contributed by atoms with Gasteiger partial charge in [-0.2, -0.15) is 4.98 Å². The van der Waals surface area contributed by atoms with Crippen LogP contribution in [0.15, 0.2) is 27.2 Å². The van der Waals surface area contributed by atoms with Gasteiger partial charge < -0.3 is 10.3 Å². The number of hydrogen-bond donors (Lipinski definition) is 1. The van der Waals surface area contributed by atoms with Crippen molar-refractivity contribution in [2.24, 2.45) is 11.7 Å². The molecule has 1 heterocycles. The third kappa shape index (κ3) is 2.62. The van der Waals surface area contributed by atoms with Gasteiger partial charge in [-0.05, 0) is 30.5 Å². The molecule has 0 amide bonds. The predicted octanol–water partition coefficient (Wildman–Crippen LogP) is 3.46. The summed E-state index contributed by atoms with van der Waals surface area (Å²) in [6.45, 7) is 6.07. The van der Waals surface area contributed by atoms with Gasteiger partial charge in [-0.15, -0.1) is 0 Å². The average Bonchev–Trinajstić information content (AvgIpc) is 2.80. The molecule has 1 atom stereocenters. The summed E-state index contributed by atoms with van der Waals surface area (Å²) in [5.74, 6) is 1.33. The van der Waals surface area contributed by atoms with E-state index < -0.39 is 0 Å². The first kappa shape index (κ1) is 13.2. The fraction of sp³-hybridized carbons (Fsp3) is 0.385. The molecule has 0 aliphatic heterocycles. The molecule has 0 spiro atoms. The standard InChI is InChI=1S/C13H16BrN3O/c1-7(2)11(15)13-16-12(17-18-13)10-6-9(14)5-4-8(10)3/h4-7,11H,15H2,1-3H3. The maximum Gasteiger partial charge on any atom is 0.244 e. The Morgan fingerprint density at radius 1 is 1.33 bits per heavy atom. The lowest BCUT2D eigenvalue weighted by atomic mass is 10.1. The van der Waals surface area contributed by atoms with Crippen molar-refractivity contribution in [3.05, 3.63) is 34.1 Å². The summed E-state index contributed by atoms with van der Waals surface area (Å²) in [5, 5.41) is 4.00. The molecular formula is C13H16BrN3O. The minimum Gasteiger partial charge on any atom is -0.337 e. The molecule has 2 rings (SSSR count). The second kappa shape index (κ2) is 5.20. The zero-order valence-corrected chi connectivity index (χ0v) is 12.2. The number of nitrogens with zero attached hydrogens (tertiary/aromatic N) is 2. The molecule has 2 N–H and O–H groups in total. The van der Waals surface area contributed by atoms with Gasteiger partial charge in [0.25, 0.3) is 0 Å². The lowest BCUT2D eigenvalue weighted by molar-refractivity contribution is 0.325. The van der Waals surface area contributed by atoms with Crippen LogP contribution in [-0.4, -0.2) is 10.1 Å². The first-order valence-electron chi connectivity index (χ1n) is 5.84. The van der Waals surface area contributed by atoms with Gasteiger partial charge in [0.1, 0.15) is 0 Å². The van der Waals surface area contributed by atoms with Crippen LogP contribution in [0, 0.1) is 12.8 Å². The molecular weight excluding hydrogens is 294 g/mol. The summed E-state index contributed by atoms with van der Waals surface area (Å²) in [5.41, 5.74) is 8.05. The second-order valence-electron chi connectivity index (χ2n) is 4.69. The van der Waals surface area contributed by atoms with Gasteiger partial charge >= 0.3 is 0 Å². The van der Waals surface area contributed by atoms with Gasteiger partial charge in [-0.25, -0.2) is 0 Å². The Morgan fingerprint density at radius 2 is 2.06 bits per heavy atom. The Bertz CT molecular complexity index is 551. The minimum atomic E-state index is -0.223. The van der Waals surface area contributed by atoms with E-state index in [2.05, 4.69) is 26.1 Å². The van der Waals surface area contributed by atoms with E-state index in [1.165, 1.54) is 0 Å². The van der Waals surface area contributed by atoms with E-state index >= 15 is 0 Å². The first-order valence-corrected chi connectivity index (χ1v) is 6.64. The highest BCUT2D eigenvalue weighted by atomic mass is 79.9. The van der Waals surface area contributed by atoms with Gasteiger partial charge in [0.2, 0.25) is 11.7 Å². The van der Waals surface area contributed by atoms with Crippen LogP contribution in [0.5, 0.6) is 0 Å². The quantitative estimate of drug-likeness (QED) is 0.943. The molecule has 1 aromatic carbocycles. The van der Waals surface area contributed by atoms with Crippen molar-refractivity contribution < 1.29 is 4.52 Å². The van der Waals surface area contributed by atoms with E-state index in [0.29, 0.717) is 11.7 Å². The topological polar surface area (TPSA) is 64.9 Å². The van der Waals surface area contributed by atoms with Crippen molar-refractivity contribution in [3.63, 3.8) is 0 Å². The van der Waals surface area contributed by atoms with Gasteiger partial charge in [-0.1, -0.05) is 41.0 Å². The molecule has 0 saturated carbocycles. The maximum atomic E-state index is 5.99. The van der Waals surface area contributed by atoms with Crippen LogP contribution in [0.4, 0.5) is 0 Å². The number of nitrogens with two attached hydrogens (primary N) is 1.